The van der Waals surface area contributed by atoms with E-state index in [1.807, 2.05) is 13.0 Å². The molecule has 0 bridgehead atoms. The van der Waals surface area contributed by atoms with Crippen molar-refractivity contribution in [2.45, 2.75) is 32.3 Å². The van der Waals surface area contributed by atoms with Crippen molar-refractivity contribution in [3.63, 3.8) is 0 Å². The molecule has 2 heterocycles. The van der Waals surface area contributed by atoms with E-state index in [9.17, 15) is 4.39 Å². The van der Waals surface area contributed by atoms with Gasteiger partial charge in [0.1, 0.15) is 5.82 Å². The lowest BCUT2D eigenvalue weighted by Crippen LogP contribution is -2.33. The molecule has 0 spiro atoms. The third-order valence-electron chi connectivity index (χ3n) is 4.45. The van der Waals surface area contributed by atoms with Crippen molar-refractivity contribution in [1.82, 2.24) is 0 Å². The quantitative estimate of drug-likeness (QED) is 0.716. The van der Waals surface area contributed by atoms with E-state index in [2.05, 4.69) is 6.08 Å². The Morgan fingerprint density at radius 3 is 2.44 bits per heavy atom. The van der Waals surface area contributed by atoms with Crippen LogP contribution in [0.1, 0.15) is 31.6 Å². The van der Waals surface area contributed by atoms with Gasteiger partial charge in [0.25, 0.3) is 0 Å². The third-order valence-corrected chi connectivity index (χ3v) is 4.76. The van der Waals surface area contributed by atoms with Gasteiger partial charge < -0.3 is 18.9 Å². The highest BCUT2D eigenvalue weighted by atomic mass is 35.5. The van der Waals surface area contributed by atoms with E-state index in [4.69, 9.17) is 30.5 Å². The predicted molar refractivity (Wildman–Crippen MR) is 92.8 cm³/mol. The fourth-order valence-corrected chi connectivity index (χ4v) is 3.16. The highest BCUT2D eigenvalue weighted by Crippen LogP contribution is 2.29. The van der Waals surface area contributed by atoms with Crippen LogP contribution in [0.25, 0.3) is 0 Å². The average Bonchev–Trinajstić information content (AvgIpc) is 2.64. The average molecular weight is 371 g/mol. The molecule has 1 aromatic rings. The van der Waals surface area contributed by atoms with Crippen LogP contribution in [0.15, 0.2) is 30.4 Å². The summed E-state index contributed by atoms with van der Waals surface area (Å²) in [5, 5.41) is 0.0987. The molecular weight excluding hydrogens is 347 g/mol. The predicted octanol–water partition coefficient (Wildman–Crippen LogP) is 4.49. The second-order valence-corrected chi connectivity index (χ2v) is 6.90. The minimum atomic E-state index is -0.535. The minimum absolute atomic E-state index is 0.0987. The van der Waals surface area contributed by atoms with Gasteiger partial charge in [-0.15, -0.1) is 0 Å². The van der Waals surface area contributed by atoms with Crippen LogP contribution in [-0.2, 0) is 18.9 Å². The van der Waals surface area contributed by atoms with Crippen molar-refractivity contribution in [3.05, 3.63) is 46.8 Å². The van der Waals surface area contributed by atoms with Crippen LogP contribution in [0, 0.1) is 17.7 Å². The molecule has 25 heavy (non-hydrogen) atoms. The van der Waals surface area contributed by atoms with E-state index in [0.717, 1.165) is 12.8 Å². The molecule has 4 nitrogen and oxygen atoms in total. The molecule has 0 atom stereocenters. The first-order chi connectivity index (χ1) is 12.2. The Morgan fingerprint density at radius 1 is 1.08 bits per heavy atom. The fraction of sp³-hybridized carbons (Fsp3) is 0.579. The Kier molecular flexibility index (Phi) is 6.84. The largest absolute Gasteiger partial charge is 0.352 e. The van der Waals surface area contributed by atoms with Crippen molar-refractivity contribution in [3.8, 4) is 0 Å². The Balaban J connectivity index is 1.39. The summed E-state index contributed by atoms with van der Waals surface area (Å²) < 4.78 is 36.5. The van der Waals surface area contributed by atoms with Gasteiger partial charge in [0.2, 0.25) is 0 Å². The molecule has 2 aliphatic rings. The van der Waals surface area contributed by atoms with Crippen LogP contribution in [0.5, 0.6) is 0 Å². The Hall–Kier alpha value is -0.980. The summed E-state index contributed by atoms with van der Waals surface area (Å²) in [6, 6.07) is 4.60. The summed E-state index contributed by atoms with van der Waals surface area (Å²) >= 11 is 5.70. The summed E-state index contributed by atoms with van der Waals surface area (Å²) in [7, 11) is 0. The number of hydrogen-bond acceptors (Lipinski definition) is 4. The lowest BCUT2D eigenvalue weighted by atomic mass is 10.0. The van der Waals surface area contributed by atoms with Gasteiger partial charge in [-0.1, -0.05) is 29.8 Å². The second kappa shape index (κ2) is 9.10. The van der Waals surface area contributed by atoms with Crippen LogP contribution >= 0.6 is 11.6 Å². The number of hydrogen-bond donors (Lipinski definition) is 0. The first kappa shape index (κ1) is 18.8. The molecule has 0 radical (unpaired) electrons. The molecule has 0 aromatic heterocycles. The van der Waals surface area contributed by atoms with Crippen molar-refractivity contribution in [2.75, 3.05) is 26.4 Å². The minimum Gasteiger partial charge on any atom is -0.352 e. The molecule has 2 saturated heterocycles. The summed E-state index contributed by atoms with van der Waals surface area (Å²) in [6.07, 6.45) is 5.17. The summed E-state index contributed by atoms with van der Waals surface area (Å²) in [5.41, 5.74) is 0.648. The van der Waals surface area contributed by atoms with Gasteiger partial charge >= 0.3 is 0 Å². The van der Waals surface area contributed by atoms with Gasteiger partial charge in [-0.05, 0) is 31.9 Å². The maximum atomic E-state index is 13.5. The monoisotopic (exact) mass is 370 g/mol. The Bertz CT molecular complexity index is 579. The van der Waals surface area contributed by atoms with Gasteiger partial charge in [0.05, 0.1) is 31.5 Å². The van der Waals surface area contributed by atoms with E-state index in [1.54, 1.807) is 6.07 Å². The first-order valence-electron chi connectivity index (χ1n) is 8.70. The Labute approximate surface area is 152 Å². The van der Waals surface area contributed by atoms with Gasteiger partial charge in [0, 0.05) is 17.4 Å². The molecule has 6 heteroatoms. The normalized spacial score (nSPS) is 30.7. The van der Waals surface area contributed by atoms with E-state index < -0.39 is 12.1 Å². The van der Waals surface area contributed by atoms with Crippen LogP contribution in [0.4, 0.5) is 4.39 Å². The van der Waals surface area contributed by atoms with Crippen molar-refractivity contribution in [1.29, 1.82) is 0 Å². The van der Waals surface area contributed by atoms with Crippen LogP contribution in [0.2, 0.25) is 5.02 Å². The number of rotatable bonds is 5. The van der Waals surface area contributed by atoms with Gasteiger partial charge in [0.15, 0.2) is 12.6 Å². The van der Waals surface area contributed by atoms with E-state index in [-0.39, 0.29) is 17.2 Å². The second-order valence-electron chi connectivity index (χ2n) is 6.50. The molecule has 1 aromatic carbocycles. The lowest BCUT2D eigenvalue weighted by Gasteiger charge is -2.32. The number of ether oxygens (including phenoxy) is 4. The van der Waals surface area contributed by atoms with Gasteiger partial charge in [-0.2, -0.15) is 0 Å². The van der Waals surface area contributed by atoms with Crippen molar-refractivity contribution in [2.24, 2.45) is 11.8 Å². The molecule has 2 aliphatic heterocycles. The smallest absolute Gasteiger partial charge is 0.183 e. The van der Waals surface area contributed by atoms with E-state index >= 15 is 0 Å². The zero-order valence-corrected chi connectivity index (χ0v) is 15.1. The third kappa shape index (κ3) is 5.25. The number of allylic oxidation sites excluding steroid dienone is 1. The maximum absolute atomic E-state index is 13.5. The van der Waals surface area contributed by atoms with E-state index in [1.165, 1.54) is 12.1 Å². The van der Waals surface area contributed by atoms with Crippen molar-refractivity contribution < 1.29 is 23.3 Å². The van der Waals surface area contributed by atoms with Crippen molar-refractivity contribution >= 4 is 11.6 Å². The summed E-state index contributed by atoms with van der Waals surface area (Å²) in [6.45, 7) is 4.56. The van der Waals surface area contributed by atoms with Crippen LogP contribution < -0.4 is 0 Å². The lowest BCUT2D eigenvalue weighted by molar-refractivity contribution is -0.217. The maximum Gasteiger partial charge on any atom is 0.183 e. The highest BCUT2D eigenvalue weighted by molar-refractivity contribution is 6.30. The number of benzene rings is 1. The molecule has 0 saturated carbocycles. The zero-order chi connectivity index (χ0) is 17.6. The summed E-state index contributed by atoms with van der Waals surface area (Å²) in [5.74, 6) is 0.174. The van der Waals surface area contributed by atoms with Crippen LogP contribution in [0.3, 0.4) is 0 Å². The Morgan fingerprint density at radius 2 is 1.80 bits per heavy atom. The van der Waals surface area contributed by atoms with E-state index in [0.29, 0.717) is 37.9 Å². The molecular formula is C19H24ClFO4. The van der Waals surface area contributed by atoms with Gasteiger partial charge in [-0.25, -0.2) is 4.39 Å². The molecule has 0 amide bonds. The molecule has 0 N–H and O–H groups in total. The first-order valence-corrected chi connectivity index (χ1v) is 9.07. The summed E-state index contributed by atoms with van der Waals surface area (Å²) in [4.78, 5) is 0. The highest BCUT2D eigenvalue weighted by Gasteiger charge is 2.26. The van der Waals surface area contributed by atoms with Gasteiger partial charge in [-0.3, -0.25) is 0 Å². The molecule has 138 valence electrons. The fourth-order valence-electron chi connectivity index (χ4n) is 3.04. The number of halogens is 2. The SMILES string of the molecule is C/C=C/C1COC(CCC2COC(c3ccc(Cl)c(F)c3)OC2)OC1. The standard InChI is InChI=1S/C19H24ClFO4/c1-2-3-13-9-22-18(23-10-13)7-4-14-11-24-19(25-12-14)15-5-6-16(20)17(21)8-15/h2-3,5-6,8,13-14,18-19H,4,7,9-12H2,1H3/b3-2+. The molecule has 3 rings (SSSR count). The van der Waals surface area contributed by atoms with Crippen LogP contribution in [-0.4, -0.2) is 32.7 Å². The molecule has 0 unspecified atom stereocenters. The molecule has 0 aliphatic carbocycles. The topological polar surface area (TPSA) is 36.9 Å². The zero-order valence-electron chi connectivity index (χ0n) is 14.3. The molecule has 2 fully saturated rings.